The highest BCUT2D eigenvalue weighted by molar-refractivity contribution is 7.89. The topological polar surface area (TPSA) is 107 Å². The van der Waals surface area contributed by atoms with Crippen LogP contribution in [0.4, 0.5) is 17.5 Å². The first kappa shape index (κ1) is 21.2. The van der Waals surface area contributed by atoms with Crippen molar-refractivity contribution in [2.45, 2.75) is 23.8 Å². The van der Waals surface area contributed by atoms with Gasteiger partial charge in [0.05, 0.1) is 16.7 Å². The van der Waals surface area contributed by atoms with E-state index in [0.29, 0.717) is 24.5 Å². The Morgan fingerprint density at radius 3 is 2.32 bits per heavy atom. The van der Waals surface area contributed by atoms with Crippen molar-refractivity contribution in [1.82, 2.24) is 14.7 Å². The molecule has 0 atom stereocenters. The number of nitrogens with one attached hydrogen (secondary N) is 2. The van der Waals surface area contributed by atoms with Crippen LogP contribution in [0.25, 0.3) is 11.3 Å². The zero-order valence-corrected chi connectivity index (χ0v) is 18.0. The van der Waals surface area contributed by atoms with E-state index in [4.69, 9.17) is 0 Å². The van der Waals surface area contributed by atoms with E-state index < -0.39 is 10.0 Å². The van der Waals surface area contributed by atoms with Crippen LogP contribution in [0.15, 0.2) is 65.6 Å². The van der Waals surface area contributed by atoms with Gasteiger partial charge in [0, 0.05) is 30.4 Å². The Kier molecular flexibility index (Phi) is 6.17. The summed E-state index contributed by atoms with van der Waals surface area (Å²) in [6.45, 7) is 1.45. The number of piperidine rings is 1. The molecule has 2 aromatic carbocycles. The van der Waals surface area contributed by atoms with Crippen LogP contribution in [0.1, 0.15) is 12.8 Å². The van der Waals surface area contributed by atoms with E-state index in [1.807, 2.05) is 36.4 Å². The van der Waals surface area contributed by atoms with Crippen LogP contribution in [0.2, 0.25) is 0 Å². The molecule has 0 saturated carbocycles. The SMILES string of the molecule is CNS(=O)(=O)c1ccc(Nc2nc(-c3ccccc3)cc(N3CCC(O)CC3)n2)cc1. The van der Waals surface area contributed by atoms with Gasteiger partial charge >= 0.3 is 0 Å². The Bertz CT molecular complexity index is 1130. The van der Waals surface area contributed by atoms with Crippen LogP contribution < -0.4 is 14.9 Å². The third-order valence-corrected chi connectivity index (χ3v) is 6.69. The van der Waals surface area contributed by atoms with Crippen LogP contribution in [-0.4, -0.2) is 49.7 Å². The minimum atomic E-state index is -3.49. The Hall–Kier alpha value is -3.01. The highest BCUT2D eigenvalue weighted by atomic mass is 32.2. The number of hydrogen-bond donors (Lipinski definition) is 3. The first-order valence-corrected chi connectivity index (χ1v) is 11.6. The second-order valence-corrected chi connectivity index (χ2v) is 9.26. The molecule has 162 valence electrons. The third kappa shape index (κ3) is 5.01. The minimum absolute atomic E-state index is 0.187. The minimum Gasteiger partial charge on any atom is -0.393 e. The van der Waals surface area contributed by atoms with Crippen LogP contribution in [0.3, 0.4) is 0 Å². The number of anilines is 3. The Labute approximate surface area is 182 Å². The number of benzene rings is 2. The second-order valence-electron chi connectivity index (χ2n) is 7.38. The summed E-state index contributed by atoms with van der Waals surface area (Å²) < 4.78 is 26.2. The maximum absolute atomic E-state index is 11.9. The van der Waals surface area contributed by atoms with Gasteiger partial charge in [-0.1, -0.05) is 30.3 Å². The molecule has 9 heteroatoms. The lowest BCUT2D eigenvalue weighted by atomic mass is 10.1. The van der Waals surface area contributed by atoms with Crippen molar-refractivity contribution in [3.8, 4) is 11.3 Å². The summed E-state index contributed by atoms with van der Waals surface area (Å²) in [6.07, 6.45) is 1.14. The monoisotopic (exact) mass is 439 g/mol. The molecule has 3 N–H and O–H groups in total. The molecule has 1 aliphatic heterocycles. The van der Waals surface area contributed by atoms with Gasteiger partial charge in [0.2, 0.25) is 16.0 Å². The molecule has 0 bridgehead atoms. The van der Waals surface area contributed by atoms with Gasteiger partial charge < -0.3 is 15.3 Å². The zero-order valence-electron chi connectivity index (χ0n) is 17.2. The van der Waals surface area contributed by atoms with Crippen molar-refractivity contribution in [3.63, 3.8) is 0 Å². The highest BCUT2D eigenvalue weighted by Crippen LogP contribution is 2.27. The Morgan fingerprint density at radius 1 is 1.00 bits per heavy atom. The molecule has 4 rings (SSSR count). The van der Waals surface area contributed by atoms with Gasteiger partial charge in [-0.2, -0.15) is 4.98 Å². The fourth-order valence-corrected chi connectivity index (χ4v) is 4.20. The lowest BCUT2D eigenvalue weighted by Gasteiger charge is -2.30. The number of aliphatic hydroxyl groups excluding tert-OH is 1. The molecule has 1 aliphatic rings. The first-order chi connectivity index (χ1) is 14.9. The van der Waals surface area contributed by atoms with E-state index >= 15 is 0 Å². The molecule has 0 unspecified atom stereocenters. The van der Waals surface area contributed by atoms with Crippen molar-refractivity contribution in [2.24, 2.45) is 0 Å². The number of sulfonamides is 1. The van der Waals surface area contributed by atoms with E-state index in [1.54, 1.807) is 12.1 Å². The predicted molar refractivity (Wildman–Crippen MR) is 121 cm³/mol. The van der Waals surface area contributed by atoms with E-state index in [1.165, 1.54) is 19.2 Å². The van der Waals surface area contributed by atoms with Crippen molar-refractivity contribution in [1.29, 1.82) is 0 Å². The third-order valence-electron chi connectivity index (χ3n) is 5.26. The molecule has 1 saturated heterocycles. The Balaban J connectivity index is 1.65. The van der Waals surface area contributed by atoms with E-state index in [0.717, 1.165) is 30.2 Å². The van der Waals surface area contributed by atoms with Crippen LogP contribution >= 0.6 is 0 Å². The molecule has 31 heavy (non-hydrogen) atoms. The number of aromatic nitrogens is 2. The lowest BCUT2D eigenvalue weighted by Crippen LogP contribution is -2.36. The van der Waals surface area contributed by atoms with Crippen molar-refractivity contribution < 1.29 is 13.5 Å². The summed E-state index contributed by atoms with van der Waals surface area (Å²) in [5, 5.41) is 13.0. The summed E-state index contributed by atoms with van der Waals surface area (Å²) in [4.78, 5) is 11.7. The fraction of sp³-hybridized carbons (Fsp3) is 0.273. The molecular weight excluding hydrogens is 414 g/mol. The van der Waals surface area contributed by atoms with Crippen LogP contribution in [0.5, 0.6) is 0 Å². The molecule has 0 spiro atoms. The fourth-order valence-electron chi connectivity index (χ4n) is 3.47. The number of aliphatic hydroxyl groups is 1. The molecule has 1 fully saturated rings. The molecule has 0 amide bonds. The normalized spacial score (nSPS) is 15.1. The number of hydrogen-bond acceptors (Lipinski definition) is 7. The highest BCUT2D eigenvalue weighted by Gasteiger charge is 2.20. The molecule has 1 aromatic heterocycles. The number of nitrogens with zero attached hydrogens (tertiary/aromatic N) is 3. The standard InChI is InChI=1S/C22H25N5O3S/c1-23-31(29,30)19-9-7-17(8-10-19)24-22-25-20(16-5-3-2-4-6-16)15-21(26-22)27-13-11-18(28)12-14-27/h2-10,15,18,23,28H,11-14H2,1H3,(H,24,25,26). The molecule has 3 aromatic rings. The summed E-state index contributed by atoms with van der Waals surface area (Å²) in [5.74, 6) is 1.21. The van der Waals surface area contributed by atoms with Crippen molar-refractivity contribution >= 4 is 27.5 Å². The van der Waals surface area contributed by atoms with Crippen LogP contribution in [0, 0.1) is 0 Å². The smallest absolute Gasteiger partial charge is 0.240 e. The van der Waals surface area contributed by atoms with Gasteiger partial charge in [-0.15, -0.1) is 0 Å². The molecule has 8 nitrogen and oxygen atoms in total. The second kappa shape index (κ2) is 9.01. The molecule has 0 radical (unpaired) electrons. The van der Waals surface area contributed by atoms with E-state index in [2.05, 4.69) is 24.9 Å². The molecule has 0 aliphatic carbocycles. The average molecular weight is 440 g/mol. The summed E-state index contributed by atoms with van der Waals surface area (Å²) >= 11 is 0. The summed E-state index contributed by atoms with van der Waals surface area (Å²) in [5.41, 5.74) is 2.44. The molecular formula is C22H25N5O3S. The largest absolute Gasteiger partial charge is 0.393 e. The van der Waals surface area contributed by atoms with Gasteiger partial charge in [0.1, 0.15) is 5.82 Å². The van der Waals surface area contributed by atoms with Crippen molar-refractivity contribution in [2.75, 3.05) is 30.4 Å². The average Bonchev–Trinajstić information content (AvgIpc) is 2.80. The van der Waals surface area contributed by atoms with E-state index in [-0.39, 0.29) is 11.0 Å². The quantitative estimate of drug-likeness (QED) is 0.542. The zero-order chi connectivity index (χ0) is 21.8. The van der Waals surface area contributed by atoms with Gasteiger partial charge in [-0.25, -0.2) is 18.1 Å². The van der Waals surface area contributed by atoms with Crippen LogP contribution in [-0.2, 0) is 10.0 Å². The van der Waals surface area contributed by atoms with E-state index in [9.17, 15) is 13.5 Å². The number of rotatable bonds is 6. The Morgan fingerprint density at radius 2 is 1.68 bits per heavy atom. The van der Waals surface area contributed by atoms with Gasteiger partial charge in [-0.3, -0.25) is 0 Å². The molecule has 2 heterocycles. The van der Waals surface area contributed by atoms with Gasteiger partial charge in [0.25, 0.3) is 0 Å². The summed E-state index contributed by atoms with van der Waals surface area (Å²) in [7, 11) is -2.11. The lowest BCUT2D eigenvalue weighted by molar-refractivity contribution is 0.145. The maximum Gasteiger partial charge on any atom is 0.240 e. The summed E-state index contributed by atoms with van der Waals surface area (Å²) in [6, 6.07) is 18.2. The predicted octanol–water partition coefficient (Wildman–Crippen LogP) is 2.76. The van der Waals surface area contributed by atoms with Gasteiger partial charge in [-0.05, 0) is 44.2 Å². The first-order valence-electron chi connectivity index (χ1n) is 10.1. The van der Waals surface area contributed by atoms with Crippen molar-refractivity contribution in [3.05, 3.63) is 60.7 Å². The van der Waals surface area contributed by atoms with Gasteiger partial charge in [0.15, 0.2) is 0 Å². The maximum atomic E-state index is 11.9.